The molecule has 1 fully saturated rings. The van der Waals surface area contributed by atoms with Gasteiger partial charge in [0, 0.05) is 5.69 Å². The minimum atomic E-state index is -0.0651. The Balaban J connectivity index is 2.00. The number of nitriles is 1. The second kappa shape index (κ2) is 6.74. The number of amides is 1. The van der Waals surface area contributed by atoms with Crippen molar-refractivity contribution in [2.75, 3.05) is 18.4 Å². The van der Waals surface area contributed by atoms with E-state index in [4.69, 9.17) is 16.9 Å². The zero-order valence-electron chi connectivity index (χ0n) is 11.6. The predicted molar refractivity (Wildman–Crippen MR) is 78.8 cm³/mol. The van der Waals surface area contributed by atoms with E-state index in [9.17, 15) is 4.79 Å². The highest BCUT2D eigenvalue weighted by atomic mass is 35.5. The normalized spacial score (nSPS) is 17.2. The number of anilines is 1. The molecular formula is C15H19ClN3O+. The van der Waals surface area contributed by atoms with Gasteiger partial charge in [-0.2, -0.15) is 5.26 Å². The number of likely N-dealkylation sites (tertiary alicyclic amines) is 1. The largest absolute Gasteiger partial charge is 0.325 e. The highest BCUT2D eigenvalue weighted by molar-refractivity contribution is 6.32. The third kappa shape index (κ3) is 3.50. The van der Waals surface area contributed by atoms with Gasteiger partial charge in [-0.05, 0) is 44.4 Å². The average molecular weight is 293 g/mol. The molecule has 1 aliphatic heterocycles. The molecular weight excluding hydrogens is 274 g/mol. The van der Waals surface area contributed by atoms with E-state index in [0.29, 0.717) is 16.3 Å². The summed E-state index contributed by atoms with van der Waals surface area (Å²) in [5, 5.41) is 12.1. The molecule has 0 aromatic heterocycles. The summed E-state index contributed by atoms with van der Waals surface area (Å²) in [6, 6.07) is 6.89. The number of nitrogens with zero attached hydrogens (tertiary/aromatic N) is 1. The molecule has 1 aromatic carbocycles. The number of hydrogen-bond donors (Lipinski definition) is 2. The lowest BCUT2D eigenvalue weighted by atomic mass is 10.1. The molecule has 1 aromatic rings. The van der Waals surface area contributed by atoms with Crippen LogP contribution in [0.25, 0.3) is 0 Å². The maximum atomic E-state index is 12.2. The maximum Gasteiger partial charge on any atom is 0.282 e. The van der Waals surface area contributed by atoms with Gasteiger partial charge in [0.1, 0.15) is 6.07 Å². The fourth-order valence-corrected chi connectivity index (χ4v) is 2.78. The van der Waals surface area contributed by atoms with Crippen LogP contribution in [0.3, 0.4) is 0 Å². The Bertz CT molecular complexity index is 532. The molecule has 20 heavy (non-hydrogen) atoms. The number of piperidine rings is 1. The lowest BCUT2D eigenvalue weighted by molar-refractivity contribution is -0.918. The van der Waals surface area contributed by atoms with Crippen LogP contribution >= 0.6 is 11.6 Å². The molecule has 0 unspecified atom stereocenters. The highest BCUT2D eigenvalue weighted by Gasteiger charge is 2.26. The Morgan fingerprint density at radius 2 is 2.10 bits per heavy atom. The van der Waals surface area contributed by atoms with Crippen LogP contribution < -0.4 is 10.2 Å². The molecule has 0 saturated carbocycles. The molecule has 1 heterocycles. The van der Waals surface area contributed by atoms with Crippen molar-refractivity contribution in [3.63, 3.8) is 0 Å². The minimum Gasteiger partial charge on any atom is -0.325 e. The maximum absolute atomic E-state index is 12.2. The van der Waals surface area contributed by atoms with Crippen LogP contribution in [0.1, 0.15) is 31.7 Å². The Morgan fingerprint density at radius 3 is 2.70 bits per heavy atom. The summed E-state index contributed by atoms with van der Waals surface area (Å²) >= 11 is 5.96. The molecule has 106 valence electrons. The smallest absolute Gasteiger partial charge is 0.282 e. The molecule has 1 aliphatic rings. The Labute approximate surface area is 124 Å². The van der Waals surface area contributed by atoms with Crippen LogP contribution in [-0.4, -0.2) is 25.0 Å². The van der Waals surface area contributed by atoms with E-state index in [1.807, 2.05) is 13.0 Å². The van der Waals surface area contributed by atoms with E-state index in [2.05, 4.69) is 5.32 Å². The summed E-state index contributed by atoms with van der Waals surface area (Å²) < 4.78 is 0. The first kappa shape index (κ1) is 14.8. The lowest BCUT2D eigenvalue weighted by Crippen LogP contribution is -3.17. The lowest BCUT2D eigenvalue weighted by Gasteiger charge is -2.28. The monoisotopic (exact) mass is 292 g/mol. The molecule has 2 N–H and O–H groups in total. The number of carbonyl (C=O) groups excluding carboxylic acids is 1. The standard InChI is InChI=1S/C15H18ClN3O/c1-11(19-7-3-2-4-8-19)15(20)18-13-6-5-12(10-17)14(16)9-13/h5-6,9,11H,2-4,7-8H2,1H3,(H,18,20)/p+1/t11-/m1/s1. The van der Waals surface area contributed by atoms with Gasteiger partial charge in [-0.1, -0.05) is 11.6 Å². The molecule has 2 rings (SSSR count). The third-order valence-electron chi connectivity index (χ3n) is 3.86. The fourth-order valence-electron chi connectivity index (χ4n) is 2.56. The van der Waals surface area contributed by atoms with Gasteiger partial charge in [0.2, 0.25) is 0 Å². The van der Waals surface area contributed by atoms with Crippen molar-refractivity contribution in [1.82, 2.24) is 0 Å². The van der Waals surface area contributed by atoms with Gasteiger partial charge in [-0.25, -0.2) is 0 Å². The van der Waals surface area contributed by atoms with Crippen molar-refractivity contribution >= 4 is 23.2 Å². The number of quaternary nitrogens is 1. The minimum absolute atomic E-state index is 0.00248. The first-order valence-electron chi connectivity index (χ1n) is 6.97. The molecule has 0 spiro atoms. The molecule has 4 nitrogen and oxygen atoms in total. The number of benzene rings is 1. The van der Waals surface area contributed by atoms with E-state index >= 15 is 0 Å². The van der Waals surface area contributed by atoms with Crippen molar-refractivity contribution in [2.24, 2.45) is 0 Å². The zero-order chi connectivity index (χ0) is 14.5. The van der Waals surface area contributed by atoms with E-state index < -0.39 is 0 Å². The first-order valence-corrected chi connectivity index (χ1v) is 7.34. The van der Waals surface area contributed by atoms with Crippen LogP contribution in [0.5, 0.6) is 0 Å². The van der Waals surface area contributed by atoms with Gasteiger partial charge in [-0.3, -0.25) is 4.79 Å². The van der Waals surface area contributed by atoms with Gasteiger partial charge in [0.25, 0.3) is 5.91 Å². The van der Waals surface area contributed by atoms with Gasteiger partial charge in [0.15, 0.2) is 6.04 Å². The summed E-state index contributed by atoms with van der Waals surface area (Å²) in [5.74, 6) is 0.00248. The topological polar surface area (TPSA) is 57.3 Å². The predicted octanol–water partition coefficient (Wildman–Crippen LogP) is 1.61. The quantitative estimate of drug-likeness (QED) is 0.889. The van der Waals surface area contributed by atoms with Crippen molar-refractivity contribution in [3.8, 4) is 6.07 Å². The highest BCUT2D eigenvalue weighted by Crippen LogP contribution is 2.20. The van der Waals surface area contributed by atoms with Crippen LogP contribution in [0, 0.1) is 11.3 Å². The Morgan fingerprint density at radius 1 is 1.40 bits per heavy atom. The summed E-state index contributed by atoms with van der Waals surface area (Å²) in [4.78, 5) is 13.6. The van der Waals surface area contributed by atoms with Crippen molar-refractivity contribution in [3.05, 3.63) is 28.8 Å². The Hall–Kier alpha value is -1.57. The summed E-state index contributed by atoms with van der Waals surface area (Å²) in [5.41, 5.74) is 1.06. The average Bonchev–Trinajstić information content (AvgIpc) is 2.47. The zero-order valence-corrected chi connectivity index (χ0v) is 12.3. The second-order valence-corrected chi connectivity index (χ2v) is 5.64. The van der Waals surface area contributed by atoms with Gasteiger partial charge >= 0.3 is 0 Å². The molecule has 1 atom stereocenters. The van der Waals surface area contributed by atoms with Gasteiger partial charge in [0.05, 0.1) is 23.7 Å². The van der Waals surface area contributed by atoms with E-state index in [1.165, 1.54) is 24.2 Å². The number of hydrogen-bond acceptors (Lipinski definition) is 2. The van der Waals surface area contributed by atoms with Crippen molar-refractivity contribution < 1.29 is 9.69 Å². The summed E-state index contributed by atoms with van der Waals surface area (Å²) in [6.45, 7) is 4.08. The Kier molecular flexibility index (Phi) is 4.99. The molecule has 0 radical (unpaired) electrons. The van der Waals surface area contributed by atoms with Crippen molar-refractivity contribution in [2.45, 2.75) is 32.2 Å². The fraction of sp³-hybridized carbons (Fsp3) is 0.467. The molecule has 0 bridgehead atoms. The van der Waals surface area contributed by atoms with Crippen LogP contribution in [0.15, 0.2) is 18.2 Å². The van der Waals surface area contributed by atoms with E-state index in [0.717, 1.165) is 13.1 Å². The first-order chi connectivity index (χ1) is 9.61. The van der Waals surface area contributed by atoms with Crippen LogP contribution in [-0.2, 0) is 4.79 Å². The van der Waals surface area contributed by atoms with Crippen LogP contribution in [0.4, 0.5) is 5.69 Å². The summed E-state index contributed by atoms with van der Waals surface area (Å²) in [6.07, 6.45) is 3.65. The molecule has 1 saturated heterocycles. The van der Waals surface area contributed by atoms with E-state index in [1.54, 1.807) is 18.2 Å². The van der Waals surface area contributed by atoms with Gasteiger partial charge < -0.3 is 10.2 Å². The van der Waals surface area contributed by atoms with Gasteiger partial charge in [-0.15, -0.1) is 0 Å². The van der Waals surface area contributed by atoms with Crippen LogP contribution in [0.2, 0.25) is 5.02 Å². The number of nitrogens with one attached hydrogen (secondary N) is 2. The second-order valence-electron chi connectivity index (χ2n) is 5.24. The molecule has 5 heteroatoms. The molecule has 0 aliphatic carbocycles. The van der Waals surface area contributed by atoms with Crippen molar-refractivity contribution in [1.29, 1.82) is 5.26 Å². The number of carbonyl (C=O) groups is 1. The number of halogens is 1. The molecule has 1 amide bonds. The SMILES string of the molecule is C[C@H](C(=O)Nc1ccc(C#N)c(Cl)c1)[NH+]1CCCCC1. The number of rotatable bonds is 3. The van der Waals surface area contributed by atoms with E-state index in [-0.39, 0.29) is 11.9 Å². The summed E-state index contributed by atoms with van der Waals surface area (Å²) in [7, 11) is 0. The third-order valence-corrected chi connectivity index (χ3v) is 4.17.